The second kappa shape index (κ2) is 3.91. The maximum atomic E-state index is 11.9. The van der Waals surface area contributed by atoms with Crippen LogP contribution < -0.4 is 0 Å². The molecule has 0 bridgehead atoms. The first-order valence-electron chi connectivity index (χ1n) is 3.51. The third kappa shape index (κ3) is 2.41. The Bertz CT molecular complexity index is 359. The SMILES string of the molecule is O=C(c1ccccc1)S(=O)C(F)(F)F. The predicted octanol–water partition coefficient (Wildman–Crippen LogP) is 2.10. The molecule has 1 rings (SSSR count). The first-order valence-corrected chi connectivity index (χ1v) is 4.66. The van der Waals surface area contributed by atoms with Gasteiger partial charge in [-0.1, -0.05) is 30.3 Å². The zero-order chi connectivity index (χ0) is 10.8. The van der Waals surface area contributed by atoms with Gasteiger partial charge in [-0.05, 0) is 0 Å². The van der Waals surface area contributed by atoms with Crippen molar-refractivity contribution < 1.29 is 22.2 Å². The van der Waals surface area contributed by atoms with E-state index in [2.05, 4.69) is 0 Å². The van der Waals surface area contributed by atoms with Crippen LogP contribution in [0.1, 0.15) is 10.4 Å². The summed E-state index contributed by atoms with van der Waals surface area (Å²) in [6.45, 7) is 0. The van der Waals surface area contributed by atoms with Crippen molar-refractivity contribution in [1.29, 1.82) is 0 Å². The maximum Gasteiger partial charge on any atom is 0.479 e. The molecule has 2 nitrogen and oxygen atoms in total. The van der Waals surface area contributed by atoms with Crippen molar-refractivity contribution in [3.05, 3.63) is 35.9 Å². The van der Waals surface area contributed by atoms with Crippen LogP contribution in [0.4, 0.5) is 13.2 Å². The lowest BCUT2D eigenvalue weighted by Crippen LogP contribution is -2.23. The number of benzene rings is 1. The minimum absolute atomic E-state index is 0.205. The molecule has 0 saturated carbocycles. The van der Waals surface area contributed by atoms with E-state index in [1.165, 1.54) is 24.3 Å². The Balaban J connectivity index is 2.93. The van der Waals surface area contributed by atoms with Gasteiger partial charge in [-0.2, -0.15) is 13.2 Å². The quantitative estimate of drug-likeness (QED) is 0.729. The summed E-state index contributed by atoms with van der Waals surface area (Å²) >= 11 is 0. The topological polar surface area (TPSA) is 34.1 Å². The number of hydrogen-bond acceptors (Lipinski definition) is 2. The van der Waals surface area contributed by atoms with E-state index in [1.54, 1.807) is 6.07 Å². The molecule has 0 fully saturated rings. The summed E-state index contributed by atoms with van der Waals surface area (Å²) in [6, 6.07) is 6.73. The summed E-state index contributed by atoms with van der Waals surface area (Å²) in [6.07, 6.45) is 0. The summed E-state index contributed by atoms with van der Waals surface area (Å²) in [5, 5.41) is -1.42. The van der Waals surface area contributed by atoms with Gasteiger partial charge in [0, 0.05) is 5.56 Å². The van der Waals surface area contributed by atoms with Crippen LogP contribution in [0, 0.1) is 0 Å². The Kier molecular flexibility index (Phi) is 3.05. The average Bonchev–Trinajstić information content (AvgIpc) is 2.15. The molecule has 0 aliphatic carbocycles. The molecular formula is C8H5F3O2S. The van der Waals surface area contributed by atoms with E-state index in [9.17, 15) is 22.2 Å². The fourth-order valence-corrected chi connectivity index (χ4v) is 1.35. The fraction of sp³-hybridized carbons (Fsp3) is 0.125. The van der Waals surface area contributed by atoms with Gasteiger partial charge in [0.25, 0.3) is 5.12 Å². The molecule has 0 amide bonds. The van der Waals surface area contributed by atoms with E-state index in [1.807, 2.05) is 0 Å². The van der Waals surface area contributed by atoms with Crippen molar-refractivity contribution in [3.8, 4) is 0 Å². The molecule has 1 aromatic carbocycles. The lowest BCUT2D eigenvalue weighted by molar-refractivity contribution is -0.0377. The maximum absolute atomic E-state index is 11.9. The van der Waals surface area contributed by atoms with E-state index in [-0.39, 0.29) is 5.56 Å². The van der Waals surface area contributed by atoms with Crippen molar-refractivity contribution in [3.63, 3.8) is 0 Å². The van der Waals surface area contributed by atoms with E-state index in [0.29, 0.717) is 0 Å². The molecule has 0 saturated heterocycles. The standard InChI is InChI=1S/C8H5F3O2S/c9-8(10,11)14(13)7(12)6-4-2-1-3-5-6/h1-5H. The highest BCUT2D eigenvalue weighted by Crippen LogP contribution is 2.22. The van der Waals surface area contributed by atoms with Crippen LogP contribution >= 0.6 is 0 Å². The Morgan fingerprint density at radius 1 is 1.14 bits per heavy atom. The molecule has 0 spiro atoms. The Labute approximate surface area is 80.2 Å². The van der Waals surface area contributed by atoms with Crippen LogP contribution in [-0.4, -0.2) is 14.8 Å². The Hall–Kier alpha value is -1.17. The third-order valence-corrected chi connectivity index (χ3v) is 2.38. The Morgan fingerprint density at radius 2 is 1.64 bits per heavy atom. The monoisotopic (exact) mass is 222 g/mol. The number of carbonyl (C=O) groups excluding carboxylic acids is 1. The molecule has 1 aromatic rings. The molecule has 1 atom stereocenters. The zero-order valence-corrected chi connectivity index (χ0v) is 7.56. The minimum Gasteiger partial charge on any atom is -0.278 e. The summed E-state index contributed by atoms with van der Waals surface area (Å²) in [5.41, 5.74) is -5.20. The molecule has 0 N–H and O–H groups in total. The lowest BCUT2D eigenvalue weighted by Gasteiger charge is -2.04. The van der Waals surface area contributed by atoms with Crippen molar-refractivity contribution in [2.24, 2.45) is 0 Å². The van der Waals surface area contributed by atoms with Crippen LogP contribution in [0.5, 0.6) is 0 Å². The number of carbonyl (C=O) groups is 1. The van der Waals surface area contributed by atoms with Gasteiger partial charge >= 0.3 is 5.51 Å². The van der Waals surface area contributed by atoms with Gasteiger partial charge in [0.1, 0.15) is 0 Å². The molecule has 76 valence electrons. The predicted molar refractivity (Wildman–Crippen MR) is 45.0 cm³/mol. The van der Waals surface area contributed by atoms with Crippen LogP contribution in [0.25, 0.3) is 0 Å². The van der Waals surface area contributed by atoms with E-state index < -0.39 is 21.4 Å². The van der Waals surface area contributed by atoms with Crippen molar-refractivity contribution >= 4 is 15.9 Å². The molecule has 1 unspecified atom stereocenters. The molecule has 0 aromatic heterocycles. The van der Waals surface area contributed by atoms with Gasteiger partial charge < -0.3 is 0 Å². The van der Waals surface area contributed by atoms with Crippen molar-refractivity contribution in [2.75, 3.05) is 0 Å². The summed E-state index contributed by atoms with van der Waals surface area (Å²) in [4.78, 5) is 11.0. The highest BCUT2D eigenvalue weighted by atomic mass is 32.2. The van der Waals surface area contributed by atoms with Crippen LogP contribution in [0.15, 0.2) is 30.3 Å². The summed E-state index contributed by atoms with van der Waals surface area (Å²) in [5.74, 6) is 0. The number of rotatable bonds is 1. The normalized spacial score (nSPS) is 13.6. The first kappa shape index (κ1) is 10.9. The summed E-state index contributed by atoms with van der Waals surface area (Å²) < 4.78 is 46.2. The Morgan fingerprint density at radius 3 is 2.07 bits per heavy atom. The fourth-order valence-electron chi connectivity index (χ4n) is 0.786. The smallest absolute Gasteiger partial charge is 0.278 e. The molecule has 0 aliphatic rings. The molecule has 0 heterocycles. The van der Waals surface area contributed by atoms with Crippen LogP contribution in [0.3, 0.4) is 0 Å². The van der Waals surface area contributed by atoms with Crippen molar-refractivity contribution in [2.45, 2.75) is 5.51 Å². The summed E-state index contributed by atoms with van der Waals surface area (Å²) in [7, 11) is -3.47. The van der Waals surface area contributed by atoms with Crippen LogP contribution in [0.2, 0.25) is 0 Å². The van der Waals surface area contributed by atoms with E-state index in [0.717, 1.165) is 0 Å². The van der Waals surface area contributed by atoms with Gasteiger partial charge in [0.15, 0.2) is 10.8 Å². The largest absolute Gasteiger partial charge is 0.479 e. The highest BCUT2D eigenvalue weighted by molar-refractivity contribution is 8.01. The second-order valence-corrected chi connectivity index (χ2v) is 3.74. The van der Waals surface area contributed by atoms with Gasteiger partial charge in [0.2, 0.25) is 0 Å². The number of alkyl halides is 3. The molecule has 14 heavy (non-hydrogen) atoms. The highest BCUT2D eigenvalue weighted by Gasteiger charge is 2.42. The lowest BCUT2D eigenvalue weighted by atomic mass is 10.2. The van der Waals surface area contributed by atoms with Crippen LogP contribution in [-0.2, 0) is 10.8 Å². The number of halogens is 3. The molecule has 0 radical (unpaired) electrons. The number of hydrogen-bond donors (Lipinski definition) is 0. The van der Waals surface area contributed by atoms with Gasteiger partial charge in [-0.25, -0.2) is 4.21 Å². The van der Waals surface area contributed by atoms with Gasteiger partial charge in [0.05, 0.1) is 0 Å². The third-order valence-electron chi connectivity index (χ3n) is 1.39. The zero-order valence-electron chi connectivity index (χ0n) is 6.75. The molecule has 0 aliphatic heterocycles. The first-order chi connectivity index (χ1) is 6.43. The molecule has 6 heteroatoms. The van der Waals surface area contributed by atoms with Gasteiger partial charge in [-0.15, -0.1) is 0 Å². The van der Waals surface area contributed by atoms with Gasteiger partial charge in [-0.3, -0.25) is 4.79 Å². The molecular weight excluding hydrogens is 217 g/mol. The average molecular weight is 222 g/mol. The van der Waals surface area contributed by atoms with E-state index in [4.69, 9.17) is 0 Å². The van der Waals surface area contributed by atoms with Crippen molar-refractivity contribution in [1.82, 2.24) is 0 Å². The minimum atomic E-state index is -4.99. The van der Waals surface area contributed by atoms with E-state index >= 15 is 0 Å². The second-order valence-electron chi connectivity index (χ2n) is 2.37.